The van der Waals surface area contributed by atoms with Crippen LogP contribution < -0.4 is 5.73 Å². The molecule has 0 aliphatic rings. The molecule has 16 heavy (non-hydrogen) atoms. The van der Waals surface area contributed by atoms with Gasteiger partial charge in [0.25, 0.3) is 6.01 Å². The van der Waals surface area contributed by atoms with Gasteiger partial charge in [0.2, 0.25) is 0 Å². The number of hydrogen-bond acceptors (Lipinski definition) is 3. The second-order valence-corrected chi connectivity index (χ2v) is 3.90. The van der Waals surface area contributed by atoms with Crippen LogP contribution in [0.4, 0.5) is 6.01 Å². The number of benzene rings is 1. The first-order valence-electron chi connectivity index (χ1n) is 4.72. The fourth-order valence-electron chi connectivity index (χ4n) is 1.72. The molecule has 2 heterocycles. The minimum atomic E-state index is 0.165. The second kappa shape index (κ2) is 3.28. The monoisotopic (exact) mass is 233 g/mol. The van der Waals surface area contributed by atoms with Gasteiger partial charge in [-0.3, -0.25) is 0 Å². The van der Waals surface area contributed by atoms with Gasteiger partial charge in [-0.2, -0.15) is 4.98 Å². The van der Waals surface area contributed by atoms with Crippen molar-refractivity contribution in [1.82, 2.24) is 9.97 Å². The molecule has 3 rings (SSSR count). The van der Waals surface area contributed by atoms with E-state index in [-0.39, 0.29) is 6.01 Å². The van der Waals surface area contributed by atoms with Crippen molar-refractivity contribution in [2.45, 2.75) is 0 Å². The number of rotatable bonds is 1. The molecule has 4 nitrogen and oxygen atoms in total. The van der Waals surface area contributed by atoms with Crippen LogP contribution in [0.2, 0.25) is 5.02 Å². The summed E-state index contributed by atoms with van der Waals surface area (Å²) in [5, 5.41) is 1.73. The summed E-state index contributed by atoms with van der Waals surface area (Å²) in [7, 11) is 0. The van der Waals surface area contributed by atoms with Crippen LogP contribution in [-0.2, 0) is 0 Å². The highest BCUT2D eigenvalue weighted by atomic mass is 35.5. The van der Waals surface area contributed by atoms with E-state index in [1.165, 1.54) is 6.26 Å². The third-order valence-electron chi connectivity index (χ3n) is 2.44. The van der Waals surface area contributed by atoms with Crippen molar-refractivity contribution in [2.24, 2.45) is 0 Å². The molecule has 0 aliphatic heterocycles. The molecule has 0 amide bonds. The number of oxazole rings is 1. The van der Waals surface area contributed by atoms with Crippen molar-refractivity contribution in [3.05, 3.63) is 35.7 Å². The minimum absolute atomic E-state index is 0.165. The van der Waals surface area contributed by atoms with Crippen molar-refractivity contribution in [1.29, 1.82) is 0 Å². The average molecular weight is 234 g/mol. The molecule has 0 unspecified atom stereocenters. The molecule has 0 saturated carbocycles. The maximum atomic E-state index is 5.90. The van der Waals surface area contributed by atoms with E-state index in [9.17, 15) is 0 Å². The molecule has 0 atom stereocenters. The molecule has 1 aromatic carbocycles. The first-order valence-corrected chi connectivity index (χ1v) is 5.10. The molecule has 5 heteroatoms. The lowest BCUT2D eigenvalue weighted by Gasteiger charge is -1.93. The van der Waals surface area contributed by atoms with Gasteiger partial charge in [-0.1, -0.05) is 17.7 Å². The Morgan fingerprint density at radius 2 is 2.25 bits per heavy atom. The summed E-state index contributed by atoms with van der Waals surface area (Å²) in [6.45, 7) is 0. The molecule has 0 fully saturated rings. The molecule has 0 spiro atoms. The van der Waals surface area contributed by atoms with Crippen molar-refractivity contribution >= 4 is 28.5 Å². The number of nitrogens with zero attached hydrogens (tertiary/aromatic N) is 1. The van der Waals surface area contributed by atoms with Gasteiger partial charge in [0.1, 0.15) is 12.0 Å². The number of halogens is 1. The van der Waals surface area contributed by atoms with Gasteiger partial charge >= 0.3 is 0 Å². The lowest BCUT2D eigenvalue weighted by atomic mass is 10.1. The van der Waals surface area contributed by atoms with E-state index in [2.05, 4.69) is 9.97 Å². The standard InChI is InChI=1S/C11H8ClN3O/c12-6-1-2-7-8(4-14-9(7)3-6)10-5-16-11(13)15-10/h1-5,14H,(H2,13,15). The number of anilines is 1. The van der Waals surface area contributed by atoms with Crippen molar-refractivity contribution < 1.29 is 4.42 Å². The van der Waals surface area contributed by atoms with Crippen LogP contribution in [0.15, 0.2) is 35.1 Å². The van der Waals surface area contributed by atoms with Crippen LogP contribution in [0.25, 0.3) is 22.2 Å². The van der Waals surface area contributed by atoms with Crippen LogP contribution in [0, 0.1) is 0 Å². The predicted octanol–water partition coefficient (Wildman–Crippen LogP) is 3.06. The molecular weight excluding hydrogens is 226 g/mol. The normalized spacial score (nSPS) is 11.1. The Bertz CT molecular complexity index is 656. The van der Waals surface area contributed by atoms with E-state index in [1.807, 2.05) is 24.4 Å². The Kier molecular flexibility index (Phi) is 1.91. The molecular formula is C11H8ClN3O. The number of aromatic nitrogens is 2. The average Bonchev–Trinajstić information content (AvgIpc) is 2.83. The van der Waals surface area contributed by atoms with Crippen LogP contribution in [0.3, 0.4) is 0 Å². The summed E-state index contributed by atoms with van der Waals surface area (Å²) in [5.41, 5.74) is 8.07. The predicted molar refractivity (Wildman–Crippen MR) is 63.2 cm³/mol. The van der Waals surface area contributed by atoms with Crippen LogP contribution >= 0.6 is 11.6 Å². The Labute approximate surface area is 96.0 Å². The number of hydrogen-bond donors (Lipinski definition) is 2. The molecule has 0 bridgehead atoms. The van der Waals surface area contributed by atoms with Gasteiger partial charge in [-0.15, -0.1) is 0 Å². The Balaban J connectivity index is 2.25. The number of nitrogen functional groups attached to an aromatic ring is 1. The van der Waals surface area contributed by atoms with Crippen molar-refractivity contribution in [3.8, 4) is 11.3 Å². The Morgan fingerprint density at radius 1 is 1.38 bits per heavy atom. The number of nitrogens with two attached hydrogens (primary N) is 1. The second-order valence-electron chi connectivity index (χ2n) is 3.46. The summed E-state index contributed by atoms with van der Waals surface area (Å²) in [6.07, 6.45) is 3.39. The molecule has 3 aromatic rings. The highest BCUT2D eigenvalue weighted by Crippen LogP contribution is 2.29. The minimum Gasteiger partial charge on any atom is -0.432 e. The molecule has 80 valence electrons. The Morgan fingerprint density at radius 3 is 3.00 bits per heavy atom. The van der Waals surface area contributed by atoms with E-state index in [0.29, 0.717) is 10.7 Å². The summed E-state index contributed by atoms with van der Waals surface area (Å²) in [4.78, 5) is 7.21. The number of aromatic amines is 1. The third-order valence-corrected chi connectivity index (χ3v) is 2.68. The smallest absolute Gasteiger partial charge is 0.292 e. The van der Waals surface area contributed by atoms with Gasteiger partial charge < -0.3 is 15.1 Å². The van der Waals surface area contributed by atoms with Gasteiger partial charge in [0.15, 0.2) is 0 Å². The molecule has 3 N–H and O–H groups in total. The fourth-order valence-corrected chi connectivity index (χ4v) is 1.89. The first kappa shape index (κ1) is 9.30. The largest absolute Gasteiger partial charge is 0.432 e. The van der Waals surface area contributed by atoms with Crippen LogP contribution in [-0.4, -0.2) is 9.97 Å². The highest BCUT2D eigenvalue weighted by Gasteiger charge is 2.09. The first-order chi connectivity index (χ1) is 7.74. The summed E-state index contributed by atoms with van der Waals surface area (Å²) < 4.78 is 4.99. The fraction of sp³-hybridized carbons (Fsp3) is 0. The lowest BCUT2D eigenvalue weighted by molar-refractivity contribution is 0.581. The van der Waals surface area contributed by atoms with Gasteiger partial charge in [-0.05, 0) is 12.1 Å². The molecule has 0 radical (unpaired) electrons. The number of fused-ring (bicyclic) bond motifs is 1. The topological polar surface area (TPSA) is 67.8 Å². The number of H-pyrrole nitrogens is 1. The van der Waals surface area contributed by atoms with Crippen molar-refractivity contribution in [3.63, 3.8) is 0 Å². The zero-order valence-corrected chi connectivity index (χ0v) is 8.95. The zero-order valence-electron chi connectivity index (χ0n) is 8.20. The van der Waals surface area contributed by atoms with E-state index in [4.69, 9.17) is 21.8 Å². The summed E-state index contributed by atoms with van der Waals surface area (Å²) in [6, 6.07) is 5.81. The zero-order chi connectivity index (χ0) is 11.1. The quantitative estimate of drug-likeness (QED) is 0.679. The lowest BCUT2D eigenvalue weighted by Crippen LogP contribution is -1.82. The third kappa shape index (κ3) is 1.35. The maximum absolute atomic E-state index is 5.90. The molecule has 2 aromatic heterocycles. The van der Waals surface area contributed by atoms with Gasteiger partial charge in [-0.25, -0.2) is 0 Å². The van der Waals surface area contributed by atoms with Crippen molar-refractivity contribution in [2.75, 3.05) is 5.73 Å². The number of nitrogens with one attached hydrogen (secondary N) is 1. The van der Waals surface area contributed by atoms with Crippen LogP contribution in [0.5, 0.6) is 0 Å². The van der Waals surface area contributed by atoms with E-state index in [1.54, 1.807) is 0 Å². The van der Waals surface area contributed by atoms with E-state index in [0.717, 1.165) is 16.5 Å². The molecule has 0 saturated heterocycles. The SMILES string of the molecule is Nc1nc(-c2c[nH]c3cc(Cl)ccc23)co1. The van der Waals surface area contributed by atoms with E-state index >= 15 is 0 Å². The van der Waals surface area contributed by atoms with Gasteiger partial charge in [0, 0.05) is 27.7 Å². The molecule has 0 aliphatic carbocycles. The summed E-state index contributed by atoms with van der Waals surface area (Å²) >= 11 is 5.90. The van der Waals surface area contributed by atoms with Gasteiger partial charge in [0.05, 0.1) is 0 Å². The van der Waals surface area contributed by atoms with E-state index < -0.39 is 0 Å². The maximum Gasteiger partial charge on any atom is 0.292 e. The highest BCUT2D eigenvalue weighted by molar-refractivity contribution is 6.31. The Hall–Kier alpha value is -1.94. The summed E-state index contributed by atoms with van der Waals surface area (Å²) in [5.74, 6) is 0. The van der Waals surface area contributed by atoms with Crippen LogP contribution in [0.1, 0.15) is 0 Å².